The van der Waals surface area contributed by atoms with Gasteiger partial charge in [0.2, 0.25) is 0 Å². The molecule has 11 aromatic rings. The lowest BCUT2D eigenvalue weighted by atomic mass is 10.00. The molecule has 1 atom stereocenters. The molecule has 57 heavy (non-hydrogen) atoms. The molecule has 0 saturated carbocycles. The number of hydrogen-bond acceptors (Lipinski definition) is 5. The van der Waals surface area contributed by atoms with Gasteiger partial charge in [-0.1, -0.05) is 133 Å². The number of para-hydroxylation sites is 5. The van der Waals surface area contributed by atoms with Crippen molar-refractivity contribution >= 4 is 77.4 Å². The number of nitrogens with one attached hydrogen (secondary N) is 1. The second-order valence-corrected chi connectivity index (χ2v) is 14.5. The van der Waals surface area contributed by atoms with Crippen molar-refractivity contribution in [3.63, 3.8) is 0 Å². The molecule has 1 N–H and O–H groups in total. The maximum absolute atomic E-state index is 7.00. The lowest BCUT2D eigenvalue weighted by molar-refractivity contribution is 0.660. The molecule has 1 aliphatic heterocycles. The van der Waals surface area contributed by atoms with Crippen LogP contribution in [0.3, 0.4) is 0 Å². The molecular formula is C51H32N4O2. The standard InChI is InChI=1S/C51H32N4O2/c1-3-14-31(15-4-1)49-52-50(39-23-13-27-45-46(39)38-19-8-10-26-44(38)56-45)54-51(53-49)40-24-12-22-37-36-21-11-20-34(47(36)57-48(37)40)32-28-29-43-41(30-32)35-18-7-9-25-42(35)55(43)33-16-5-2-6-17-33/h1-30,50H,(H,52,53,54). The molecule has 8 aromatic carbocycles. The molecule has 0 amide bonds. The van der Waals surface area contributed by atoms with Crippen molar-refractivity contribution in [1.82, 2.24) is 9.88 Å². The van der Waals surface area contributed by atoms with Crippen molar-refractivity contribution in [3.8, 4) is 16.8 Å². The Balaban J connectivity index is 1.04. The van der Waals surface area contributed by atoms with Crippen LogP contribution in [0.1, 0.15) is 22.9 Å². The van der Waals surface area contributed by atoms with E-state index in [9.17, 15) is 0 Å². The highest BCUT2D eigenvalue weighted by Gasteiger charge is 2.26. The van der Waals surface area contributed by atoms with E-state index in [1.165, 1.54) is 16.3 Å². The van der Waals surface area contributed by atoms with Crippen molar-refractivity contribution in [3.05, 3.63) is 199 Å². The molecule has 268 valence electrons. The SMILES string of the molecule is c1ccc(C2=NC(c3cccc4c3oc3c(-c5ccc6c(c5)c5ccccc5n6-c5ccccc5)cccc34)=NC(c3cccc4oc5ccccc5c34)N2)cc1. The molecule has 0 bridgehead atoms. The molecule has 0 fully saturated rings. The molecule has 0 radical (unpaired) electrons. The number of nitrogens with zero attached hydrogens (tertiary/aromatic N) is 3. The minimum absolute atomic E-state index is 0.433. The summed E-state index contributed by atoms with van der Waals surface area (Å²) < 4.78 is 15.6. The largest absolute Gasteiger partial charge is 0.456 e. The van der Waals surface area contributed by atoms with Gasteiger partial charge < -0.3 is 18.7 Å². The van der Waals surface area contributed by atoms with Crippen LogP contribution < -0.4 is 5.32 Å². The summed E-state index contributed by atoms with van der Waals surface area (Å²) in [6.07, 6.45) is -0.433. The Bertz CT molecular complexity index is 3440. The number of aliphatic imine (C=N–C) groups is 2. The summed E-state index contributed by atoms with van der Waals surface area (Å²) >= 11 is 0. The highest BCUT2D eigenvalue weighted by atomic mass is 16.3. The summed E-state index contributed by atoms with van der Waals surface area (Å²) in [5.41, 5.74) is 11.7. The van der Waals surface area contributed by atoms with Crippen LogP contribution in [0.5, 0.6) is 0 Å². The van der Waals surface area contributed by atoms with E-state index in [-0.39, 0.29) is 0 Å². The average Bonchev–Trinajstić information content (AvgIpc) is 3.96. The Hall–Kier alpha value is -7.70. The van der Waals surface area contributed by atoms with Gasteiger partial charge in [-0.15, -0.1) is 0 Å². The zero-order valence-corrected chi connectivity index (χ0v) is 30.6. The van der Waals surface area contributed by atoms with Crippen molar-refractivity contribution in [1.29, 1.82) is 0 Å². The molecule has 1 unspecified atom stereocenters. The Morgan fingerprint density at radius 3 is 1.96 bits per heavy atom. The summed E-state index contributed by atoms with van der Waals surface area (Å²) in [6.45, 7) is 0. The van der Waals surface area contributed by atoms with Crippen LogP contribution in [0.2, 0.25) is 0 Å². The molecule has 4 heterocycles. The molecule has 0 saturated heterocycles. The second kappa shape index (κ2) is 12.4. The van der Waals surface area contributed by atoms with Crippen LogP contribution >= 0.6 is 0 Å². The van der Waals surface area contributed by atoms with E-state index in [2.05, 4.69) is 143 Å². The van der Waals surface area contributed by atoms with Gasteiger partial charge in [0.05, 0.1) is 16.6 Å². The molecule has 0 aliphatic carbocycles. The van der Waals surface area contributed by atoms with Gasteiger partial charge in [0, 0.05) is 54.7 Å². The van der Waals surface area contributed by atoms with Crippen molar-refractivity contribution < 1.29 is 8.83 Å². The number of benzene rings is 8. The minimum Gasteiger partial charge on any atom is -0.456 e. The molecule has 3 aromatic heterocycles. The van der Waals surface area contributed by atoms with Gasteiger partial charge in [0.15, 0.2) is 5.84 Å². The zero-order chi connectivity index (χ0) is 37.5. The van der Waals surface area contributed by atoms with E-state index < -0.39 is 6.17 Å². The van der Waals surface area contributed by atoms with Crippen LogP contribution in [-0.4, -0.2) is 16.2 Å². The van der Waals surface area contributed by atoms with Crippen LogP contribution in [0.25, 0.3) is 82.5 Å². The first-order valence-corrected chi connectivity index (χ1v) is 19.2. The molecule has 0 spiro atoms. The average molecular weight is 733 g/mol. The van der Waals surface area contributed by atoms with Crippen LogP contribution in [0.15, 0.2) is 201 Å². The number of fused-ring (bicyclic) bond motifs is 9. The van der Waals surface area contributed by atoms with Crippen LogP contribution in [0, 0.1) is 0 Å². The van der Waals surface area contributed by atoms with Crippen LogP contribution in [-0.2, 0) is 0 Å². The van der Waals surface area contributed by atoms with E-state index in [4.69, 9.17) is 18.8 Å². The van der Waals surface area contributed by atoms with Gasteiger partial charge >= 0.3 is 0 Å². The van der Waals surface area contributed by atoms with Gasteiger partial charge in [-0.05, 0) is 54.1 Å². The fourth-order valence-electron chi connectivity index (χ4n) is 8.72. The fourth-order valence-corrected chi connectivity index (χ4v) is 8.72. The number of furan rings is 2. The second-order valence-electron chi connectivity index (χ2n) is 14.5. The first-order chi connectivity index (χ1) is 28.3. The molecule has 12 rings (SSSR count). The molecule has 6 nitrogen and oxygen atoms in total. The summed E-state index contributed by atoms with van der Waals surface area (Å²) in [4.78, 5) is 10.5. The van der Waals surface area contributed by atoms with Gasteiger partial charge in [0.25, 0.3) is 0 Å². The van der Waals surface area contributed by atoms with Gasteiger partial charge in [-0.25, -0.2) is 9.98 Å². The van der Waals surface area contributed by atoms with E-state index >= 15 is 0 Å². The first-order valence-electron chi connectivity index (χ1n) is 19.2. The Labute approximate surface area is 326 Å². The number of rotatable bonds is 5. The van der Waals surface area contributed by atoms with Crippen molar-refractivity contribution in [2.45, 2.75) is 6.17 Å². The first kappa shape index (κ1) is 31.6. The Kier molecular flexibility index (Phi) is 6.89. The van der Waals surface area contributed by atoms with E-state index in [0.29, 0.717) is 5.84 Å². The number of hydrogen-bond donors (Lipinski definition) is 1. The highest BCUT2D eigenvalue weighted by molar-refractivity contribution is 6.21. The molecule has 1 aliphatic rings. The van der Waals surface area contributed by atoms with Crippen molar-refractivity contribution in [2.24, 2.45) is 9.98 Å². The van der Waals surface area contributed by atoms with Gasteiger partial charge in [-0.3, -0.25) is 0 Å². The summed E-state index contributed by atoms with van der Waals surface area (Å²) in [5, 5.41) is 10.2. The fraction of sp³-hybridized carbons (Fsp3) is 0.0196. The third-order valence-corrected chi connectivity index (χ3v) is 11.3. The van der Waals surface area contributed by atoms with Gasteiger partial charge in [0.1, 0.15) is 34.3 Å². The molecule has 6 heteroatoms. The monoisotopic (exact) mass is 732 g/mol. The predicted molar refractivity (Wildman–Crippen MR) is 233 cm³/mol. The summed E-state index contributed by atoms with van der Waals surface area (Å²) in [7, 11) is 0. The Morgan fingerprint density at radius 2 is 1.12 bits per heavy atom. The molecular weight excluding hydrogens is 701 g/mol. The van der Waals surface area contributed by atoms with Crippen molar-refractivity contribution in [2.75, 3.05) is 0 Å². The number of aromatic nitrogens is 1. The Morgan fingerprint density at radius 1 is 0.474 bits per heavy atom. The summed E-state index contributed by atoms with van der Waals surface area (Å²) in [5.74, 6) is 1.34. The van der Waals surface area contributed by atoms with E-state index in [0.717, 1.165) is 88.7 Å². The van der Waals surface area contributed by atoms with Gasteiger partial charge in [-0.2, -0.15) is 0 Å². The minimum atomic E-state index is -0.433. The quantitative estimate of drug-likeness (QED) is 0.192. The predicted octanol–water partition coefficient (Wildman–Crippen LogP) is 12.7. The highest BCUT2D eigenvalue weighted by Crippen LogP contribution is 2.41. The third-order valence-electron chi connectivity index (χ3n) is 11.3. The maximum Gasteiger partial charge on any atom is 0.163 e. The maximum atomic E-state index is 7.00. The summed E-state index contributed by atoms with van der Waals surface area (Å²) in [6, 6.07) is 63.2. The van der Waals surface area contributed by atoms with E-state index in [1.807, 2.05) is 48.5 Å². The smallest absolute Gasteiger partial charge is 0.163 e. The normalized spacial score (nSPS) is 14.5. The topological polar surface area (TPSA) is 68.0 Å². The number of amidine groups is 2. The van der Waals surface area contributed by atoms with E-state index in [1.54, 1.807) is 0 Å². The lowest BCUT2D eigenvalue weighted by Gasteiger charge is -2.24. The third kappa shape index (κ3) is 4.90. The van der Waals surface area contributed by atoms with Crippen LogP contribution in [0.4, 0.5) is 0 Å². The zero-order valence-electron chi connectivity index (χ0n) is 30.6. The lowest BCUT2D eigenvalue weighted by Crippen LogP contribution is -2.33.